The Balaban J connectivity index is 2.60. The summed E-state index contributed by atoms with van der Waals surface area (Å²) in [7, 11) is 0. The van der Waals surface area contributed by atoms with E-state index in [1.807, 2.05) is 41.2 Å². The Labute approximate surface area is 88.2 Å². The molecule has 0 saturated heterocycles. The van der Waals surface area contributed by atoms with Crippen molar-refractivity contribution in [3.63, 3.8) is 0 Å². The van der Waals surface area contributed by atoms with Crippen molar-refractivity contribution in [1.82, 2.24) is 9.78 Å². The number of nitriles is 1. The molecule has 0 aliphatic carbocycles. The molecule has 0 atom stereocenters. The first-order valence-electron chi connectivity index (χ1n) is 4.87. The highest BCUT2D eigenvalue weighted by molar-refractivity contribution is 5.87. The van der Waals surface area contributed by atoms with E-state index >= 15 is 0 Å². The van der Waals surface area contributed by atoms with Crippen LogP contribution in [0.1, 0.15) is 12.5 Å². The maximum atomic E-state index is 8.49. The number of hydrogen-bond acceptors (Lipinski definition) is 2. The first-order valence-corrected chi connectivity index (χ1v) is 4.87. The fourth-order valence-electron chi connectivity index (χ4n) is 1.55. The van der Waals surface area contributed by atoms with Gasteiger partial charge in [-0.25, -0.2) is 0 Å². The largest absolute Gasteiger partial charge is 0.272 e. The fourth-order valence-corrected chi connectivity index (χ4v) is 1.55. The van der Waals surface area contributed by atoms with E-state index in [0.717, 1.165) is 23.0 Å². The lowest BCUT2D eigenvalue weighted by molar-refractivity contribution is 0.668. The number of aryl methyl sites for hydroxylation is 1. The molecule has 0 bridgehead atoms. The standard InChI is InChI=1S/C12H11N3/c1-2-15-9-11-10(6-4-8-13)5-3-7-12(11)14-15/h3-7,9H,2H2,1H3. The minimum absolute atomic E-state index is 0.857. The van der Waals surface area contributed by atoms with Gasteiger partial charge in [-0.1, -0.05) is 12.1 Å². The van der Waals surface area contributed by atoms with Crippen molar-refractivity contribution in [2.45, 2.75) is 13.5 Å². The summed E-state index contributed by atoms with van der Waals surface area (Å²) in [5, 5.41) is 14.0. The van der Waals surface area contributed by atoms with E-state index in [4.69, 9.17) is 5.26 Å². The minimum Gasteiger partial charge on any atom is -0.272 e. The normalized spacial score (nSPS) is 10.9. The van der Waals surface area contributed by atoms with E-state index in [-0.39, 0.29) is 0 Å². The molecule has 0 spiro atoms. The number of allylic oxidation sites excluding steroid dienone is 1. The predicted molar refractivity (Wildman–Crippen MR) is 60.1 cm³/mol. The average Bonchev–Trinajstić information content (AvgIpc) is 2.69. The highest BCUT2D eigenvalue weighted by Gasteiger charge is 2.01. The SMILES string of the molecule is CCn1cc2c(C=CC#N)cccc2n1. The molecule has 74 valence electrons. The second-order valence-electron chi connectivity index (χ2n) is 3.23. The smallest absolute Gasteiger partial charge is 0.0929 e. The van der Waals surface area contributed by atoms with Gasteiger partial charge in [0.1, 0.15) is 0 Å². The third-order valence-electron chi connectivity index (χ3n) is 2.29. The van der Waals surface area contributed by atoms with Crippen LogP contribution in [0.2, 0.25) is 0 Å². The number of aromatic nitrogens is 2. The highest BCUT2D eigenvalue weighted by Crippen LogP contribution is 2.18. The molecule has 3 heteroatoms. The van der Waals surface area contributed by atoms with E-state index in [1.165, 1.54) is 6.08 Å². The van der Waals surface area contributed by atoms with Crippen LogP contribution in [0, 0.1) is 11.3 Å². The van der Waals surface area contributed by atoms with Gasteiger partial charge in [0.25, 0.3) is 0 Å². The summed E-state index contributed by atoms with van der Waals surface area (Å²) in [5.41, 5.74) is 2.01. The fraction of sp³-hybridized carbons (Fsp3) is 0.167. The number of benzene rings is 1. The van der Waals surface area contributed by atoms with Gasteiger partial charge < -0.3 is 0 Å². The van der Waals surface area contributed by atoms with Gasteiger partial charge in [-0.2, -0.15) is 10.4 Å². The van der Waals surface area contributed by atoms with Gasteiger partial charge in [0.2, 0.25) is 0 Å². The Kier molecular flexibility index (Phi) is 2.51. The van der Waals surface area contributed by atoms with Crippen LogP contribution in [0.15, 0.2) is 30.5 Å². The van der Waals surface area contributed by atoms with Gasteiger partial charge in [-0.15, -0.1) is 0 Å². The van der Waals surface area contributed by atoms with Crippen molar-refractivity contribution in [3.8, 4) is 6.07 Å². The molecule has 0 radical (unpaired) electrons. The van der Waals surface area contributed by atoms with Crippen molar-refractivity contribution in [2.24, 2.45) is 0 Å². The van der Waals surface area contributed by atoms with Crippen LogP contribution in [0.4, 0.5) is 0 Å². The zero-order chi connectivity index (χ0) is 10.7. The third-order valence-corrected chi connectivity index (χ3v) is 2.29. The van der Waals surface area contributed by atoms with E-state index in [0.29, 0.717) is 0 Å². The molecular weight excluding hydrogens is 186 g/mol. The first kappa shape index (κ1) is 9.47. The topological polar surface area (TPSA) is 41.6 Å². The molecule has 2 rings (SSSR count). The summed E-state index contributed by atoms with van der Waals surface area (Å²) in [4.78, 5) is 0. The summed E-state index contributed by atoms with van der Waals surface area (Å²) < 4.78 is 1.90. The van der Waals surface area contributed by atoms with E-state index in [1.54, 1.807) is 0 Å². The molecule has 0 saturated carbocycles. The average molecular weight is 197 g/mol. The molecule has 0 aliphatic rings. The quantitative estimate of drug-likeness (QED) is 0.694. The molecule has 0 fully saturated rings. The summed E-state index contributed by atoms with van der Waals surface area (Å²) in [6, 6.07) is 7.91. The van der Waals surface area contributed by atoms with Crippen LogP contribution in [0.3, 0.4) is 0 Å². The lowest BCUT2D eigenvalue weighted by atomic mass is 10.1. The number of fused-ring (bicyclic) bond motifs is 1. The van der Waals surface area contributed by atoms with Crippen LogP contribution < -0.4 is 0 Å². The summed E-state index contributed by atoms with van der Waals surface area (Å²) >= 11 is 0. The summed E-state index contributed by atoms with van der Waals surface area (Å²) in [5.74, 6) is 0. The van der Waals surface area contributed by atoms with Gasteiger partial charge in [0.05, 0.1) is 11.6 Å². The van der Waals surface area contributed by atoms with Crippen LogP contribution in [-0.2, 0) is 6.54 Å². The maximum Gasteiger partial charge on any atom is 0.0929 e. The Morgan fingerprint density at radius 3 is 3.13 bits per heavy atom. The van der Waals surface area contributed by atoms with Crippen molar-refractivity contribution in [1.29, 1.82) is 5.26 Å². The van der Waals surface area contributed by atoms with Crippen LogP contribution >= 0.6 is 0 Å². The minimum atomic E-state index is 0.857. The van der Waals surface area contributed by atoms with Crippen LogP contribution in [0.25, 0.3) is 17.0 Å². The second kappa shape index (κ2) is 3.97. The van der Waals surface area contributed by atoms with Crippen LogP contribution in [-0.4, -0.2) is 9.78 Å². The number of rotatable bonds is 2. The van der Waals surface area contributed by atoms with E-state index < -0.39 is 0 Å². The van der Waals surface area contributed by atoms with Gasteiger partial charge in [0, 0.05) is 24.2 Å². The predicted octanol–water partition coefficient (Wildman–Crippen LogP) is 2.59. The third kappa shape index (κ3) is 1.75. The Morgan fingerprint density at radius 2 is 2.40 bits per heavy atom. The molecule has 0 N–H and O–H groups in total. The molecule has 1 aromatic heterocycles. The molecule has 0 aliphatic heterocycles. The van der Waals surface area contributed by atoms with Crippen LogP contribution in [0.5, 0.6) is 0 Å². The van der Waals surface area contributed by atoms with E-state index in [2.05, 4.69) is 12.0 Å². The molecule has 0 unspecified atom stereocenters. The first-order chi connectivity index (χ1) is 7.35. The number of nitrogens with zero attached hydrogens (tertiary/aromatic N) is 3. The zero-order valence-corrected chi connectivity index (χ0v) is 8.51. The molecule has 15 heavy (non-hydrogen) atoms. The highest BCUT2D eigenvalue weighted by atomic mass is 15.3. The van der Waals surface area contributed by atoms with E-state index in [9.17, 15) is 0 Å². The Hall–Kier alpha value is -2.08. The van der Waals surface area contributed by atoms with Crippen molar-refractivity contribution in [3.05, 3.63) is 36.0 Å². The van der Waals surface area contributed by atoms with Crippen molar-refractivity contribution >= 4 is 17.0 Å². The van der Waals surface area contributed by atoms with Gasteiger partial charge in [-0.3, -0.25) is 4.68 Å². The maximum absolute atomic E-state index is 8.49. The van der Waals surface area contributed by atoms with Crippen molar-refractivity contribution in [2.75, 3.05) is 0 Å². The molecule has 2 aromatic rings. The molecular formula is C12H11N3. The lowest BCUT2D eigenvalue weighted by Crippen LogP contribution is -1.92. The van der Waals surface area contributed by atoms with Gasteiger partial charge >= 0.3 is 0 Å². The Bertz CT molecular complexity index is 543. The monoisotopic (exact) mass is 197 g/mol. The summed E-state index contributed by atoms with van der Waals surface area (Å²) in [6.45, 7) is 2.91. The molecule has 3 nitrogen and oxygen atoms in total. The summed E-state index contributed by atoms with van der Waals surface area (Å²) in [6.07, 6.45) is 5.30. The van der Waals surface area contributed by atoms with Gasteiger partial charge in [-0.05, 0) is 24.6 Å². The van der Waals surface area contributed by atoms with Gasteiger partial charge in [0.15, 0.2) is 0 Å². The second-order valence-corrected chi connectivity index (χ2v) is 3.23. The Morgan fingerprint density at radius 1 is 1.53 bits per heavy atom. The van der Waals surface area contributed by atoms with Crippen molar-refractivity contribution < 1.29 is 0 Å². The molecule has 1 heterocycles. The molecule has 1 aromatic carbocycles. The molecule has 0 amide bonds. The zero-order valence-electron chi connectivity index (χ0n) is 8.51. The number of hydrogen-bond donors (Lipinski definition) is 0. The lowest BCUT2D eigenvalue weighted by Gasteiger charge is -1.92.